The van der Waals surface area contributed by atoms with Crippen molar-refractivity contribution in [3.63, 3.8) is 0 Å². The number of halogens is 1. The zero-order valence-corrected chi connectivity index (χ0v) is 17.8. The molecule has 2 aromatic rings. The van der Waals surface area contributed by atoms with Crippen LogP contribution in [0, 0.1) is 5.92 Å². The Hall–Kier alpha value is -2.47. The second kappa shape index (κ2) is 10.0. The van der Waals surface area contributed by atoms with Crippen molar-refractivity contribution in [3.05, 3.63) is 48.0 Å². The second-order valence-electron chi connectivity index (χ2n) is 8.13. The van der Waals surface area contributed by atoms with Gasteiger partial charge in [-0.3, -0.25) is 0 Å². The molecule has 5 nitrogen and oxygen atoms in total. The van der Waals surface area contributed by atoms with Gasteiger partial charge in [-0.1, -0.05) is 32.0 Å². The molecule has 1 N–H and O–H groups in total. The van der Waals surface area contributed by atoms with Gasteiger partial charge in [-0.25, -0.2) is 14.2 Å². The third-order valence-corrected chi connectivity index (χ3v) is 6.10. The number of ether oxygens (including phenoxy) is 1. The summed E-state index contributed by atoms with van der Waals surface area (Å²) in [6.45, 7) is 6.78. The fourth-order valence-corrected chi connectivity index (χ4v) is 3.83. The molecule has 1 aliphatic heterocycles. The van der Waals surface area contributed by atoms with Gasteiger partial charge in [0.1, 0.15) is 5.67 Å². The number of hydrogen-bond acceptors (Lipinski definition) is 4. The van der Waals surface area contributed by atoms with Crippen LogP contribution in [0.25, 0.3) is 11.3 Å². The van der Waals surface area contributed by atoms with Crippen LogP contribution in [0.3, 0.4) is 0 Å². The Morgan fingerprint density at radius 3 is 2.43 bits per heavy atom. The van der Waals surface area contributed by atoms with Gasteiger partial charge >= 0.3 is 5.97 Å². The summed E-state index contributed by atoms with van der Waals surface area (Å²) in [6.07, 6.45) is 3.13. The lowest BCUT2D eigenvalue weighted by Crippen LogP contribution is -2.44. The summed E-state index contributed by atoms with van der Waals surface area (Å²) in [4.78, 5) is 17.8. The Labute approximate surface area is 177 Å². The molecule has 0 radical (unpaired) electrons. The Morgan fingerprint density at radius 2 is 1.83 bits per heavy atom. The number of carboxylic acids is 1. The minimum Gasteiger partial charge on any atom is -0.478 e. The van der Waals surface area contributed by atoms with Gasteiger partial charge in [0, 0.05) is 18.2 Å². The smallest absolute Gasteiger partial charge is 0.335 e. The number of likely N-dealkylation sites (tertiary alicyclic amines) is 1. The van der Waals surface area contributed by atoms with E-state index in [0.29, 0.717) is 37.8 Å². The van der Waals surface area contributed by atoms with Gasteiger partial charge in [-0.05, 0) is 62.9 Å². The van der Waals surface area contributed by atoms with E-state index < -0.39 is 11.6 Å². The van der Waals surface area contributed by atoms with Gasteiger partial charge in [-0.2, -0.15) is 0 Å². The van der Waals surface area contributed by atoms with Crippen LogP contribution < -0.4 is 4.74 Å². The molecule has 0 atom stereocenters. The molecule has 3 rings (SSSR count). The molecule has 1 aromatic heterocycles. The first-order chi connectivity index (χ1) is 14.4. The Morgan fingerprint density at radius 1 is 1.17 bits per heavy atom. The number of benzene rings is 1. The highest BCUT2D eigenvalue weighted by Crippen LogP contribution is 2.26. The van der Waals surface area contributed by atoms with E-state index in [0.717, 1.165) is 37.2 Å². The van der Waals surface area contributed by atoms with Gasteiger partial charge in [0.05, 0.1) is 17.9 Å². The summed E-state index contributed by atoms with van der Waals surface area (Å²) in [5.74, 6) is 0.0648. The summed E-state index contributed by atoms with van der Waals surface area (Å²) in [5, 5.41) is 9.02. The third kappa shape index (κ3) is 5.79. The van der Waals surface area contributed by atoms with Crippen LogP contribution in [0.1, 0.15) is 49.9 Å². The zero-order chi connectivity index (χ0) is 21.6. The lowest BCUT2D eigenvalue weighted by molar-refractivity contribution is 0.0565. The number of carbonyl (C=O) groups is 1. The highest BCUT2D eigenvalue weighted by molar-refractivity contribution is 5.88. The molecule has 1 fully saturated rings. The standard InChI is InChI=1S/C24H31FN2O3/c1-3-24(25,4-2)17-27-14-12-18(13-15-27)16-30-22-7-5-6-21(26-22)19-8-10-20(11-9-19)23(28)29/h5-11,18H,3-4,12-17H2,1-2H3,(H,28,29). The Kier molecular flexibility index (Phi) is 7.43. The number of rotatable bonds is 9. The third-order valence-electron chi connectivity index (χ3n) is 6.10. The molecule has 1 aliphatic rings. The number of nitrogens with zero attached hydrogens (tertiary/aromatic N) is 2. The minimum absolute atomic E-state index is 0.250. The number of piperidine rings is 1. The van der Waals surface area contributed by atoms with Gasteiger partial charge in [0.15, 0.2) is 0 Å². The van der Waals surface area contributed by atoms with E-state index in [2.05, 4.69) is 9.88 Å². The average molecular weight is 415 g/mol. The van der Waals surface area contributed by atoms with E-state index in [9.17, 15) is 9.18 Å². The molecule has 162 valence electrons. The van der Waals surface area contributed by atoms with Crippen LogP contribution in [-0.4, -0.2) is 52.9 Å². The number of alkyl halides is 1. The maximum atomic E-state index is 14.6. The van der Waals surface area contributed by atoms with Crippen molar-refractivity contribution >= 4 is 5.97 Å². The molecule has 6 heteroatoms. The molecule has 2 heterocycles. The highest BCUT2D eigenvalue weighted by atomic mass is 19.1. The lowest BCUT2D eigenvalue weighted by Gasteiger charge is -2.36. The predicted molar refractivity (Wildman–Crippen MR) is 116 cm³/mol. The molecule has 0 saturated carbocycles. The normalized spacial score (nSPS) is 15.8. The van der Waals surface area contributed by atoms with E-state index in [1.54, 1.807) is 24.3 Å². The maximum Gasteiger partial charge on any atom is 0.335 e. The molecule has 0 amide bonds. The van der Waals surface area contributed by atoms with Crippen molar-refractivity contribution in [1.82, 2.24) is 9.88 Å². The number of pyridine rings is 1. The van der Waals surface area contributed by atoms with Crippen LogP contribution in [0.5, 0.6) is 5.88 Å². The second-order valence-corrected chi connectivity index (χ2v) is 8.13. The fraction of sp³-hybridized carbons (Fsp3) is 0.500. The molecule has 0 aliphatic carbocycles. The van der Waals surface area contributed by atoms with E-state index >= 15 is 0 Å². The molecular formula is C24H31FN2O3. The van der Waals surface area contributed by atoms with Crippen LogP contribution in [-0.2, 0) is 0 Å². The number of aromatic carboxylic acids is 1. The van der Waals surface area contributed by atoms with Crippen LogP contribution in [0.2, 0.25) is 0 Å². The summed E-state index contributed by atoms with van der Waals surface area (Å²) >= 11 is 0. The minimum atomic E-state index is -1.07. The van der Waals surface area contributed by atoms with E-state index in [-0.39, 0.29) is 5.56 Å². The number of carboxylic acid groups (broad SMARTS) is 1. The Bertz CT molecular complexity index is 829. The summed E-state index contributed by atoms with van der Waals surface area (Å²) < 4.78 is 20.6. The van der Waals surface area contributed by atoms with Gasteiger partial charge in [-0.15, -0.1) is 0 Å². The van der Waals surface area contributed by atoms with Crippen molar-refractivity contribution in [2.24, 2.45) is 5.92 Å². The molecular weight excluding hydrogens is 383 g/mol. The zero-order valence-electron chi connectivity index (χ0n) is 17.8. The molecule has 1 aromatic carbocycles. The predicted octanol–water partition coefficient (Wildman–Crippen LogP) is 5.07. The average Bonchev–Trinajstić information content (AvgIpc) is 2.79. The largest absolute Gasteiger partial charge is 0.478 e. The summed E-state index contributed by atoms with van der Waals surface area (Å²) in [5.41, 5.74) is 0.773. The maximum absolute atomic E-state index is 14.6. The summed E-state index contributed by atoms with van der Waals surface area (Å²) in [6, 6.07) is 12.3. The van der Waals surface area contributed by atoms with E-state index in [4.69, 9.17) is 9.84 Å². The van der Waals surface area contributed by atoms with Crippen LogP contribution >= 0.6 is 0 Å². The Balaban J connectivity index is 1.51. The highest BCUT2D eigenvalue weighted by Gasteiger charge is 2.30. The first kappa shape index (κ1) is 22.2. The van der Waals surface area contributed by atoms with Crippen molar-refractivity contribution in [2.75, 3.05) is 26.2 Å². The van der Waals surface area contributed by atoms with Crippen molar-refractivity contribution in [3.8, 4) is 17.1 Å². The van der Waals surface area contributed by atoms with Crippen LogP contribution in [0.4, 0.5) is 4.39 Å². The first-order valence-electron chi connectivity index (χ1n) is 10.8. The summed E-state index contributed by atoms with van der Waals surface area (Å²) in [7, 11) is 0. The SMILES string of the molecule is CCC(F)(CC)CN1CCC(COc2cccc(-c3ccc(C(=O)O)cc3)n2)CC1. The fourth-order valence-electron chi connectivity index (χ4n) is 3.83. The quantitative estimate of drug-likeness (QED) is 0.621. The molecule has 1 saturated heterocycles. The van der Waals surface area contributed by atoms with Gasteiger partial charge in [0.25, 0.3) is 0 Å². The van der Waals surface area contributed by atoms with Gasteiger partial charge < -0.3 is 14.7 Å². The molecule has 0 bridgehead atoms. The van der Waals surface area contributed by atoms with Crippen LogP contribution in [0.15, 0.2) is 42.5 Å². The lowest BCUT2D eigenvalue weighted by atomic mass is 9.94. The van der Waals surface area contributed by atoms with E-state index in [1.807, 2.05) is 32.0 Å². The number of hydrogen-bond donors (Lipinski definition) is 1. The monoisotopic (exact) mass is 414 g/mol. The molecule has 0 unspecified atom stereocenters. The molecule has 30 heavy (non-hydrogen) atoms. The van der Waals surface area contributed by atoms with Gasteiger partial charge in [0.2, 0.25) is 5.88 Å². The number of aromatic nitrogens is 1. The topological polar surface area (TPSA) is 62.7 Å². The first-order valence-corrected chi connectivity index (χ1v) is 10.8. The molecule has 0 spiro atoms. The van der Waals surface area contributed by atoms with Crippen molar-refractivity contribution in [2.45, 2.75) is 45.2 Å². The van der Waals surface area contributed by atoms with Crippen molar-refractivity contribution < 1.29 is 19.0 Å². The van der Waals surface area contributed by atoms with Crippen molar-refractivity contribution in [1.29, 1.82) is 0 Å². The van der Waals surface area contributed by atoms with E-state index in [1.165, 1.54) is 0 Å².